The first-order valence-corrected chi connectivity index (χ1v) is 10.4. The number of nitrogens with one attached hydrogen (secondary N) is 1. The van der Waals surface area contributed by atoms with Crippen LogP contribution in [-0.2, 0) is 11.8 Å². The van der Waals surface area contributed by atoms with Crippen molar-refractivity contribution in [3.8, 4) is 0 Å². The Bertz CT molecular complexity index is 682. The highest BCUT2D eigenvalue weighted by Gasteiger charge is 2.27. The van der Waals surface area contributed by atoms with Gasteiger partial charge in [0.05, 0.1) is 11.9 Å². The van der Waals surface area contributed by atoms with E-state index < -0.39 is 0 Å². The van der Waals surface area contributed by atoms with Crippen LogP contribution in [0.2, 0.25) is 0 Å². The Hall–Kier alpha value is -1.36. The minimum absolute atomic E-state index is 0. The number of anilines is 1. The van der Waals surface area contributed by atoms with Crippen molar-refractivity contribution < 1.29 is 4.79 Å². The van der Waals surface area contributed by atoms with E-state index in [9.17, 15) is 4.79 Å². The second-order valence-electron chi connectivity index (χ2n) is 8.37. The maximum Gasteiger partial charge on any atom is 0.246 e. The van der Waals surface area contributed by atoms with Crippen LogP contribution in [0.15, 0.2) is 17.4 Å². The molecule has 0 saturated carbocycles. The molecule has 0 spiro atoms. The SMILES string of the molecule is CN=C(NCCCN1CC(C)CC(C)C1)N1CCN(c2cnn(C)c2)C(=O)C1.I. The molecule has 1 aromatic rings. The third-order valence-corrected chi connectivity index (χ3v) is 5.61. The molecular formula is C20H36IN7O. The molecule has 164 valence electrons. The van der Waals surface area contributed by atoms with E-state index in [1.807, 2.05) is 18.1 Å². The molecule has 29 heavy (non-hydrogen) atoms. The van der Waals surface area contributed by atoms with E-state index in [1.54, 1.807) is 22.8 Å². The second kappa shape index (κ2) is 11.1. The number of halogens is 1. The van der Waals surface area contributed by atoms with Crippen LogP contribution in [0.25, 0.3) is 0 Å². The number of hydrogen-bond acceptors (Lipinski definition) is 4. The van der Waals surface area contributed by atoms with Gasteiger partial charge in [0.15, 0.2) is 5.96 Å². The Morgan fingerprint density at radius 1 is 1.28 bits per heavy atom. The molecule has 1 amide bonds. The summed E-state index contributed by atoms with van der Waals surface area (Å²) in [5.41, 5.74) is 0.861. The molecule has 3 heterocycles. The highest BCUT2D eigenvalue weighted by Crippen LogP contribution is 2.20. The van der Waals surface area contributed by atoms with E-state index >= 15 is 0 Å². The zero-order chi connectivity index (χ0) is 20.1. The third kappa shape index (κ3) is 6.56. The lowest BCUT2D eigenvalue weighted by Crippen LogP contribution is -2.55. The fraction of sp³-hybridized carbons (Fsp3) is 0.750. The van der Waals surface area contributed by atoms with Gasteiger partial charge in [-0.2, -0.15) is 5.10 Å². The summed E-state index contributed by atoms with van der Waals surface area (Å²) in [5, 5.41) is 7.61. The van der Waals surface area contributed by atoms with E-state index in [1.165, 1.54) is 19.5 Å². The van der Waals surface area contributed by atoms with E-state index in [0.717, 1.165) is 49.5 Å². The van der Waals surface area contributed by atoms with Crippen molar-refractivity contribution in [1.82, 2.24) is 24.9 Å². The van der Waals surface area contributed by atoms with Gasteiger partial charge in [-0.25, -0.2) is 0 Å². The van der Waals surface area contributed by atoms with Gasteiger partial charge in [0.2, 0.25) is 5.91 Å². The molecule has 0 aromatic carbocycles. The zero-order valence-corrected chi connectivity index (χ0v) is 20.5. The van der Waals surface area contributed by atoms with Crippen LogP contribution in [0, 0.1) is 11.8 Å². The van der Waals surface area contributed by atoms with Crippen molar-refractivity contribution in [2.24, 2.45) is 23.9 Å². The number of carbonyl (C=O) groups is 1. The number of aryl methyl sites for hydroxylation is 1. The molecule has 8 nitrogen and oxygen atoms in total. The molecule has 1 aromatic heterocycles. The molecule has 2 aliphatic rings. The molecule has 0 bridgehead atoms. The van der Waals surface area contributed by atoms with Crippen LogP contribution in [-0.4, -0.2) is 84.3 Å². The smallest absolute Gasteiger partial charge is 0.246 e. The third-order valence-electron chi connectivity index (χ3n) is 5.61. The molecular weight excluding hydrogens is 481 g/mol. The Balaban J connectivity index is 0.00000300. The van der Waals surface area contributed by atoms with E-state index in [-0.39, 0.29) is 29.9 Å². The van der Waals surface area contributed by atoms with Crippen molar-refractivity contribution in [3.63, 3.8) is 0 Å². The van der Waals surface area contributed by atoms with Gasteiger partial charge in [0.25, 0.3) is 0 Å². The first kappa shape index (κ1) is 23.9. The monoisotopic (exact) mass is 517 g/mol. The maximum atomic E-state index is 12.6. The molecule has 2 unspecified atom stereocenters. The second-order valence-corrected chi connectivity index (χ2v) is 8.37. The Labute approximate surface area is 191 Å². The average Bonchev–Trinajstić information content (AvgIpc) is 3.07. The standard InChI is InChI=1S/C20H35N7O.HI/c1-16-10-17(2)13-25(12-16)7-5-6-22-20(21-3)26-8-9-27(19(28)15-26)18-11-23-24(4)14-18;/h11,14,16-17H,5-10,12-13,15H2,1-4H3,(H,21,22);1H. The molecule has 0 aliphatic carbocycles. The topological polar surface area (TPSA) is 69.0 Å². The molecule has 2 atom stereocenters. The fourth-order valence-corrected chi connectivity index (χ4v) is 4.48. The zero-order valence-electron chi connectivity index (χ0n) is 18.2. The molecule has 2 fully saturated rings. The number of piperidine rings is 1. The van der Waals surface area contributed by atoms with Crippen LogP contribution in [0.4, 0.5) is 5.69 Å². The largest absolute Gasteiger partial charge is 0.356 e. The van der Waals surface area contributed by atoms with Crippen molar-refractivity contribution in [1.29, 1.82) is 0 Å². The number of piperazine rings is 1. The minimum atomic E-state index is 0. The number of aromatic nitrogens is 2. The summed E-state index contributed by atoms with van der Waals surface area (Å²) in [6.45, 7) is 10.9. The average molecular weight is 517 g/mol. The Morgan fingerprint density at radius 2 is 2.00 bits per heavy atom. The predicted molar refractivity (Wildman–Crippen MR) is 128 cm³/mol. The lowest BCUT2D eigenvalue weighted by atomic mass is 9.92. The number of likely N-dealkylation sites (tertiary alicyclic amines) is 1. The van der Waals surface area contributed by atoms with Gasteiger partial charge in [-0.15, -0.1) is 24.0 Å². The summed E-state index contributed by atoms with van der Waals surface area (Å²) in [4.78, 5) is 23.4. The van der Waals surface area contributed by atoms with Gasteiger partial charge in [0, 0.05) is 53.0 Å². The first-order valence-electron chi connectivity index (χ1n) is 10.4. The van der Waals surface area contributed by atoms with Gasteiger partial charge >= 0.3 is 0 Å². The van der Waals surface area contributed by atoms with Gasteiger partial charge < -0.3 is 20.0 Å². The van der Waals surface area contributed by atoms with Gasteiger partial charge in [-0.3, -0.25) is 14.5 Å². The normalized spacial score (nSPS) is 23.9. The molecule has 2 aliphatic heterocycles. The lowest BCUT2D eigenvalue weighted by Gasteiger charge is -2.36. The van der Waals surface area contributed by atoms with E-state index in [2.05, 4.69) is 34.2 Å². The van der Waals surface area contributed by atoms with Crippen LogP contribution >= 0.6 is 24.0 Å². The van der Waals surface area contributed by atoms with Crippen molar-refractivity contribution >= 4 is 41.5 Å². The summed E-state index contributed by atoms with van der Waals surface area (Å²) >= 11 is 0. The summed E-state index contributed by atoms with van der Waals surface area (Å²) in [7, 11) is 3.65. The highest BCUT2D eigenvalue weighted by atomic mass is 127. The first-order chi connectivity index (χ1) is 13.5. The molecule has 2 saturated heterocycles. The number of guanidine groups is 1. The van der Waals surface area contributed by atoms with E-state index in [0.29, 0.717) is 13.1 Å². The van der Waals surface area contributed by atoms with Crippen LogP contribution < -0.4 is 10.2 Å². The number of rotatable bonds is 5. The van der Waals surface area contributed by atoms with E-state index in [4.69, 9.17) is 0 Å². The molecule has 3 rings (SSSR count). The summed E-state index contributed by atoms with van der Waals surface area (Å²) < 4.78 is 1.72. The van der Waals surface area contributed by atoms with Gasteiger partial charge in [-0.05, 0) is 31.2 Å². The van der Waals surface area contributed by atoms with Gasteiger partial charge in [0.1, 0.15) is 6.54 Å². The number of carbonyl (C=O) groups excluding carboxylic acids is 1. The number of nitrogens with zero attached hydrogens (tertiary/aromatic N) is 6. The summed E-state index contributed by atoms with van der Waals surface area (Å²) in [5.74, 6) is 2.50. The van der Waals surface area contributed by atoms with Crippen molar-refractivity contribution in [3.05, 3.63) is 12.4 Å². The molecule has 0 radical (unpaired) electrons. The van der Waals surface area contributed by atoms with Crippen LogP contribution in [0.1, 0.15) is 26.7 Å². The predicted octanol–water partition coefficient (Wildman–Crippen LogP) is 1.63. The van der Waals surface area contributed by atoms with Crippen LogP contribution in [0.3, 0.4) is 0 Å². The number of hydrogen-bond donors (Lipinski definition) is 1. The molecule has 9 heteroatoms. The Kier molecular flexibility index (Phi) is 9.19. The maximum absolute atomic E-state index is 12.6. The Morgan fingerprint density at radius 3 is 2.59 bits per heavy atom. The fourth-order valence-electron chi connectivity index (χ4n) is 4.48. The summed E-state index contributed by atoms with van der Waals surface area (Å²) in [6.07, 6.45) is 6.05. The number of aliphatic imine (C=N–C) groups is 1. The number of amides is 1. The molecule has 1 N–H and O–H groups in total. The quantitative estimate of drug-likeness (QED) is 0.279. The van der Waals surface area contributed by atoms with Crippen LogP contribution in [0.5, 0.6) is 0 Å². The highest BCUT2D eigenvalue weighted by molar-refractivity contribution is 14.0. The lowest BCUT2D eigenvalue weighted by molar-refractivity contribution is -0.120. The minimum Gasteiger partial charge on any atom is -0.356 e. The van der Waals surface area contributed by atoms with Crippen molar-refractivity contribution in [2.45, 2.75) is 26.7 Å². The van der Waals surface area contributed by atoms with Crippen molar-refractivity contribution in [2.75, 3.05) is 57.8 Å². The summed E-state index contributed by atoms with van der Waals surface area (Å²) in [6, 6.07) is 0. The van der Waals surface area contributed by atoms with Gasteiger partial charge in [-0.1, -0.05) is 13.8 Å².